The summed E-state index contributed by atoms with van der Waals surface area (Å²) in [6.45, 7) is 6.17. The zero-order valence-corrected chi connectivity index (χ0v) is 13.8. The van der Waals surface area contributed by atoms with Gasteiger partial charge in [0.15, 0.2) is 0 Å². The van der Waals surface area contributed by atoms with Gasteiger partial charge in [0.05, 0.1) is 25.6 Å². The summed E-state index contributed by atoms with van der Waals surface area (Å²) in [6, 6.07) is 6.04. The molecule has 1 aliphatic carbocycles. The lowest BCUT2D eigenvalue weighted by Gasteiger charge is -2.23. The Morgan fingerprint density at radius 2 is 1.91 bits per heavy atom. The maximum absolute atomic E-state index is 5.54. The lowest BCUT2D eigenvalue weighted by molar-refractivity contribution is 0.313. The van der Waals surface area contributed by atoms with Crippen LogP contribution in [0.25, 0.3) is 0 Å². The van der Waals surface area contributed by atoms with E-state index in [0.29, 0.717) is 0 Å². The van der Waals surface area contributed by atoms with Crippen molar-refractivity contribution in [2.24, 2.45) is 4.99 Å². The van der Waals surface area contributed by atoms with Crippen molar-refractivity contribution in [1.29, 1.82) is 0 Å². The molecule has 2 rings (SSSR count). The fourth-order valence-corrected chi connectivity index (χ4v) is 2.52. The first-order valence-corrected chi connectivity index (χ1v) is 7.66. The van der Waals surface area contributed by atoms with Crippen molar-refractivity contribution in [3.8, 4) is 5.75 Å². The molecule has 1 aromatic carbocycles. The summed E-state index contributed by atoms with van der Waals surface area (Å²) < 4.78 is 10.9. The monoisotopic (exact) mass is 300 g/mol. The Labute approximate surface area is 132 Å². The van der Waals surface area contributed by atoms with Crippen molar-refractivity contribution >= 4 is 17.1 Å². The third kappa shape index (κ3) is 3.50. The van der Waals surface area contributed by atoms with Crippen LogP contribution in [-0.2, 0) is 4.74 Å². The quantitative estimate of drug-likeness (QED) is 0.793. The zero-order chi connectivity index (χ0) is 15.9. The van der Waals surface area contributed by atoms with E-state index in [1.807, 2.05) is 24.3 Å². The number of rotatable bonds is 6. The molecule has 0 amide bonds. The molecule has 1 aromatic rings. The van der Waals surface area contributed by atoms with Gasteiger partial charge < -0.3 is 14.4 Å². The molecule has 0 heterocycles. The van der Waals surface area contributed by atoms with Crippen molar-refractivity contribution in [3.05, 3.63) is 42.2 Å². The summed E-state index contributed by atoms with van der Waals surface area (Å²) in [7, 11) is 3.37. The minimum atomic E-state index is 0.814. The van der Waals surface area contributed by atoms with Crippen molar-refractivity contribution in [2.75, 3.05) is 32.2 Å². The van der Waals surface area contributed by atoms with E-state index in [0.717, 1.165) is 48.1 Å². The van der Waals surface area contributed by atoms with Gasteiger partial charge in [-0.15, -0.1) is 0 Å². The molecule has 0 aliphatic heterocycles. The van der Waals surface area contributed by atoms with E-state index in [1.165, 1.54) is 0 Å². The number of hydrogen-bond donors (Lipinski definition) is 0. The van der Waals surface area contributed by atoms with Crippen molar-refractivity contribution < 1.29 is 9.47 Å². The summed E-state index contributed by atoms with van der Waals surface area (Å²) >= 11 is 0. The molecule has 0 aromatic heterocycles. The fraction of sp³-hybridized carbons (Fsp3) is 0.389. The Hall–Kier alpha value is -2.23. The predicted molar refractivity (Wildman–Crippen MR) is 92.5 cm³/mol. The Bertz CT molecular complexity index is 599. The van der Waals surface area contributed by atoms with Crippen LogP contribution >= 0.6 is 0 Å². The Morgan fingerprint density at radius 1 is 1.14 bits per heavy atom. The van der Waals surface area contributed by atoms with E-state index in [2.05, 4.69) is 35.9 Å². The molecule has 0 saturated carbocycles. The normalized spacial score (nSPS) is 15.6. The summed E-state index contributed by atoms with van der Waals surface area (Å²) in [4.78, 5) is 6.93. The van der Waals surface area contributed by atoms with Crippen LogP contribution in [0.5, 0.6) is 5.75 Å². The molecule has 0 N–H and O–H groups in total. The minimum absolute atomic E-state index is 0.814. The topological polar surface area (TPSA) is 34.1 Å². The van der Waals surface area contributed by atoms with Crippen molar-refractivity contribution in [1.82, 2.24) is 0 Å². The molecule has 118 valence electrons. The number of benzene rings is 1. The molecule has 22 heavy (non-hydrogen) atoms. The van der Waals surface area contributed by atoms with Gasteiger partial charge in [0, 0.05) is 19.2 Å². The fourth-order valence-electron chi connectivity index (χ4n) is 2.52. The highest BCUT2D eigenvalue weighted by molar-refractivity contribution is 6.09. The number of aliphatic imine (C=N–C) groups is 1. The molecule has 4 heteroatoms. The molecule has 4 nitrogen and oxygen atoms in total. The van der Waals surface area contributed by atoms with E-state index in [-0.39, 0.29) is 0 Å². The first-order chi connectivity index (χ1) is 10.7. The molecular formula is C18H24N2O2. The van der Waals surface area contributed by atoms with Crippen LogP contribution in [0, 0.1) is 0 Å². The van der Waals surface area contributed by atoms with Crippen LogP contribution in [0.3, 0.4) is 0 Å². The lowest BCUT2D eigenvalue weighted by atomic mass is 10.1. The number of ether oxygens (including phenoxy) is 2. The van der Waals surface area contributed by atoms with Crippen LogP contribution in [0.1, 0.15) is 20.3 Å². The molecular weight excluding hydrogens is 276 g/mol. The summed E-state index contributed by atoms with van der Waals surface area (Å²) in [6.07, 6.45) is 6.97. The number of anilines is 1. The summed E-state index contributed by atoms with van der Waals surface area (Å²) in [5.74, 6) is 1.66. The van der Waals surface area contributed by atoms with Gasteiger partial charge in [-0.1, -0.05) is 6.08 Å². The van der Waals surface area contributed by atoms with E-state index in [4.69, 9.17) is 9.47 Å². The Balaban J connectivity index is 2.35. The molecule has 0 spiro atoms. The molecule has 0 saturated heterocycles. The third-order valence-corrected chi connectivity index (χ3v) is 3.70. The second kappa shape index (κ2) is 7.69. The van der Waals surface area contributed by atoms with E-state index in [9.17, 15) is 0 Å². The lowest BCUT2D eigenvalue weighted by Crippen LogP contribution is -2.22. The molecule has 0 bridgehead atoms. The van der Waals surface area contributed by atoms with Gasteiger partial charge >= 0.3 is 0 Å². The zero-order valence-electron chi connectivity index (χ0n) is 13.8. The van der Waals surface area contributed by atoms with Gasteiger partial charge in [0.1, 0.15) is 17.2 Å². The maximum atomic E-state index is 5.54. The standard InChI is InChI=1S/C18H24N2O2/c1-5-20(6-2)16-12-11-14(13-18(16)22-4)19-15-9-7-8-10-17(15)21-3/h7,9-13H,5-6,8H2,1-4H3. The van der Waals surface area contributed by atoms with Crippen LogP contribution < -0.4 is 9.64 Å². The molecule has 0 fully saturated rings. The third-order valence-electron chi connectivity index (χ3n) is 3.70. The van der Waals surface area contributed by atoms with Crippen LogP contribution in [0.4, 0.5) is 11.4 Å². The van der Waals surface area contributed by atoms with E-state index >= 15 is 0 Å². The van der Waals surface area contributed by atoms with E-state index in [1.54, 1.807) is 14.2 Å². The van der Waals surface area contributed by atoms with Gasteiger partial charge in [-0.05, 0) is 44.6 Å². The summed E-state index contributed by atoms with van der Waals surface area (Å²) in [5, 5.41) is 0. The molecule has 1 aliphatic rings. The summed E-state index contributed by atoms with van der Waals surface area (Å²) in [5.41, 5.74) is 2.79. The average molecular weight is 300 g/mol. The predicted octanol–water partition coefficient (Wildman–Crippen LogP) is 4.10. The Kier molecular flexibility index (Phi) is 5.64. The second-order valence-corrected chi connectivity index (χ2v) is 4.94. The number of hydrogen-bond acceptors (Lipinski definition) is 4. The maximum Gasteiger partial charge on any atom is 0.144 e. The van der Waals surface area contributed by atoms with Crippen LogP contribution in [0.2, 0.25) is 0 Å². The molecule has 0 radical (unpaired) electrons. The second-order valence-electron chi connectivity index (χ2n) is 4.94. The number of nitrogens with zero attached hydrogens (tertiary/aromatic N) is 2. The first kappa shape index (κ1) is 16.1. The highest BCUT2D eigenvalue weighted by Crippen LogP contribution is 2.32. The largest absolute Gasteiger partial charge is 0.495 e. The van der Waals surface area contributed by atoms with Crippen molar-refractivity contribution in [3.63, 3.8) is 0 Å². The van der Waals surface area contributed by atoms with Crippen LogP contribution in [0.15, 0.2) is 47.2 Å². The highest BCUT2D eigenvalue weighted by Gasteiger charge is 2.11. The smallest absolute Gasteiger partial charge is 0.144 e. The average Bonchev–Trinajstić information content (AvgIpc) is 2.57. The minimum Gasteiger partial charge on any atom is -0.495 e. The van der Waals surface area contributed by atoms with Crippen LogP contribution in [-0.4, -0.2) is 33.0 Å². The number of allylic oxidation sites excluding steroid dienone is 3. The molecule has 0 unspecified atom stereocenters. The highest BCUT2D eigenvalue weighted by atomic mass is 16.5. The van der Waals surface area contributed by atoms with Gasteiger partial charge in [0.25, 0.3) is 0 Å². The number of methoxy groups -OCH3 is 2. The Morgan fingerprint density at radius 3 is 2.55 bits per heavy atom. The van der Waals surface area contributed by atoms with Gasteiger partial charge in [-0.2, -0.15) is 0 Å². The van der Waals surface area contributed by atoms with Crippen molar-refractivity contribution in [2.45, 2.75) is 20.3 Å². The SMILES string of the molecule is CCN(CC)c1ccc(N=C2C=CCC=C2OC)cc1OC. The first-order valence-electron chi connectivity index (χ1n) is 7.66. The molecule has 0 atom stereocenters. The van der Waals surface area contributed by atoms with Gasteiger partial charge in [-0.3, -0.25) is 0 Å². The van der Waals surface area contributed by atoms with Gasteiger partial charge in [0.2, 0.25) is 0 Å². The van der Waals surface area contributed by atoms with E-state index < -0.39 is 0 Å². The van der Waals surface area contributed by atoms with Gasteiger partial charge in [-0.25, -0.2) is 4.99 Å².